The third kappa shape index (κ3) is 3.42. The monoisotopic (exact) mass is 295 g/mol. The fourth-order valence-corrected chi connectivity index (χ4v) is 2.52. The molecule has 0 aliphatic heterocycles. The number of hydrogen-bond acceptors (Lipinski definition) is 4. The molecule has 1 aromatic heterocycles. The predicted octanol–water partition coefficient (Wildman–Crippen LogP) is 3.51. The molecule has 1 aliphatic rings. The summed E-state index contributed by atoms with van der Waals surface area (Å²) in [5.41, 5.74) is 0. The molecule has 1 aliphatic carbocycles. The van der Waals surface area contributed by atoms with Gasteiger partial charge in [0, 0.05) is 11.7 Å². The van der Waals surface area contributed by atoms with Crippen LogP contribution in [0.25, 0.3) is 0 Å². The molecule has 3 rings (SSSR count). The zero-order valence-corrected chi connectivity index (χ0v) is 11.9. The highest BCUT2D eigenvalue weighted by Crippen LogP contribution is 2.38. The minimum Gasteiger partial charge on any atom is -0.491 e. The molecule has 0 radical (unpaired) electrons. The van der Waals surface area contributed by atoms with E-state index in [1.807, 2.05) is 24.3 Å². The Kier molecular flexibility index (Phi) is 3.94. The highest BCUT2D eigenvalue weighted by Gasteiger charge is 2.27. The number of rotatable bonds is 6. The van der Waals surface area contributed by atoms with Gasteiger partial charge >= 0.3 is 0 Å². The van der Waals surface area contributed by atoms with Crippen molar-refractivity contribution in [2.45, 2.75) is 23.9 Å². The number of benzene rings is 1. The van der Waals surface area contributed by atoms with Gasteiger partial charge in [-0.05, 0) is 25.0 Å². The van der Waals surface area contributed by atoms with E-state index in [9.17, 15) is 0 Å². The minimum absolute atomic E-state index is 0.585. The molecule has 0 spiro atoms. The first-order valence-corrected chi connectivity index (χ1v) is 7.62. The van der Waals surface area contributed by atoms with Crippen molar-refractivity contribution in [2.75, 3.05) is 12.4 Å². The van der Waals surface area contributed by atoms with E-state index >= 15 is 0 Å². The molecule has 0 saturated heterocycles. The van der Waals surface area contributed by atoms with E-state index in [2.05, 4.69) is 15.2 Å². The quantitative estimate of drug-likeness (QED) is 0.654. The van der Waals surface area contributed by atoms with Crippen molar-refractivity contribution in [1.29, 1.82) is 0 Å². The first-order valence-electron chi connectivity index (χ1n) is 6.25. The Balaban J connectivity index is 1.44. The number of H-pyrrole nitrogens is 1. The average Bonchev–Trinajstić information content (AvgIpc) is 3.17. The van der Waals surface area contributed by atoms with Crippen molar-refractivity contribution in [1.82, 2.24) is 15.2 Å². The standard InChI is InChI=1S/C13H14ClN3OS/c14-10-3-1-2-4-11(10)18-7-8-19-13-15-12(16-17-13)9-5-6-9/h1-4,9H,5-8H2,(H,15,16,17). The van der Waals surface area contributed by atoms with Crippen molar-refractivity contribution in [2.24, 2.45) is 0 Å². The normalized spacial score (nSPS) is 14.6. The van der Waals surface area contributed by atoms with Crippen LogP contribution in [0.4, 0.5) is 0 Å². The largest absolute Gasteiger partial charge is 0.491 e. The number of nitrogens with zero attached hydrogens (tertiary/aromatic N) is 2. The van der Waals surface area contributed by atoms with Crippen molar-refractivity contribution >= 4 is 23.4 Å². The maximum Gasteiger partial charge on any atom is 0.208 e. The summed E-state index contributed by atoms with van der Waals surface area (Å²) in [4.78, 5) is 4.45. The van der Waals surface area contributed by atoms with Gasteiger partial charge in [0.05, 0.1) is 11.6 Å². The average molecular weight is 296 g/mol. The Labute approximate surface area is 120 Å². The van der Waals surface area contributed by atoms with Gasteiger partial charge < -0.3 is 4.74 Å². The summed E-state index contributed by atoms with van der Waals surface area (Å²) in [6.07, 6.45) is 2.46. The lowest BCUT2D eigenvalue weighted by Gasteiger charge is -2.06. The van der Waals surface area contributed by atoms with Crippen LogP contribution in [0.15, 0.2) is 29.4 Å². The Hall–Kier alpha value is -1.20. The van der Waals surface area contributed by atoms with Crippen molar-refractivity contribution in [3.63, 3.8) is 0 Å². The van der Waals surface area contributed by atoms with E-state index in [1.165, 1.54) is 12.8 Å². The summed E-state index contributed by atoms with van der Waals surface area (Å²) >= 11 is 7.59. The van der Waals surface area contributed by atoms with Gasteiger partial charge in [0.1, 0.15) is 11.6 Å². The minimum atomic E-state index is 0.585. The SMILES string of the molecule is Clc1ccccc1OCCSc1n[nH]c(C2CC2)n1. The van der Waals surface area contributed by atoms with E-state index in [0.717, 1.165) is 22.5 Å². The smallest absolute Gasteiger partial charge is 0.208 e. The lowest BCUT2D eigenvalue weighted by atomic mass is 10.3. The third-order valence-electron chi connectivity index (χ3n) is 2.85. The van der Waals surface area contributed by atoms with Crippen LogP contribution >= 0.6 is 23.4 Å². The lowest BCUT2D eigenvalue weighted by molar-refractivity contribution is 0.344. The van der Waals surface area contributed by atoms with Gasteiger partial charge in [0.25, 0.3) is 0 Å². The Morgan fingerprint density at radius 1 is 1.37 bits per heavy atom. The predicted molar refractivity (Wildman–Crippen MR) is 76.0 cm³/mol. The number of aromatic amines is 1. The van der Waals surface area contributed by atoms with Gasteiger partial charge in [-0.1, -0.05) is 35.5 Å². The van der Waals surface area contributed by atoms with Crippen molar-refractivity contribution in [3.8, 4) is 5.75 Å². The zero-order chi connectivity index (χ0) is 13.1. The highest BCUT2D eigenvalue weighted by molar-refractivity contribution is 7.99. The lowest BCUT2D eigenvalue weighted by Crippen LogP contribution is -2.00. The second kappa shape index (κ2) is 5.84. The number of thioether (sulfide) groups is 1. The number of ether oxygens (including phenoxy) is 1. The van der Waals surface area contributed by atoms with Crippen LogP contribution in [-0.4, -0.2) is 27.5 Å². The molecule has 6 heteroatoms. The zero-order valence-electron chi connectivity index (χ0n) is 10.3. The summed E-state index contributed by atoms with van der Waals surface area (Å²) in [5, 5.41) is 8.61. The molecule has 0 bridgehead atoms. The van der Waals surface area contributed by atoms with Crippen LogP contribution in [0, 0.1) is 0 Å². The van der Waals surface area contributed by atoms with Gasteiger partial charge in [-0.3, -0.25) is 5.10 Å². The van der Waals surface area contributed by atoms with Gasteiger partial charge in [0.2, 0.25) is 5.16 Å². The number of para-hydroxylation sites is 1. The number of aromatic nitrogens is 3. The van der Waals surface area contributed by atoms with Gasteiger partial charge in [0.15, 0.2) is 0 Å². The second-order valence-electron chi connectivity index (χ2n) is 4.40. The maximum atomic E-state index is 6.00. The maximum absolute atomic E-state index is 6.00. The van der Waals surface area contributed by atoms with Crippen LogP contribution in [0.1, 0.15) is 24.6 Å². The molecule has 4 nitrogen and oxygen atoms in total. The fraction of sp³-hybridized carbons (Fsp3) is 0.385. The molecule has 1 N–H and O–H groups in total. The van der Waals surface area contributed by atoms with Crippen LogP contribution in [0.2, 0.25) is 5.02 Å². The molecule has 0 atom stereocenters. The number of hydrogen-bond donors (Lipinski definition) is 1. The molecule has 2 aromatic rings. The van der Waals surface area contributed by atoms with Crippen LogP contribution < -0.4 is 4.74 Å². The summed E-state index contributed by atoms with van der Waals surface area (Å²) in [6, 6.07) is 7.48. The Morgan fingerprint density at radius 3 is 3.00 bits per heavy atom. The molecular weight excluding hydrogens is 282 g/mol. The van der Waals surface area contributed by atoms with Crippen molar-refractivity contribution < 1.29 is 4.74 Å². The second-order valence-corrected chi connectivity index (χ2v) is 5.87. The summed E-state index contributed by atoms with van der Waals surface area (Å²) < 4.78 is 5.61. The van der Waals surface area contributed by atoms with Crippen LogP contribution in [0.5, 0.6) is 5.75 Å². The van der Waals surface area contributed by atoms with E-state index in [1.54, 1.807) is 11.8 Å². The summed E-state index contributed by atoms with van der Waals surface area (Å²) in [6.45, 7) is 0.585. The van der Waals surface area contributed by atoms with Gasteiger partial charge in [-0.25, -0.2) is 4.98 Å². The molecule has 0 amide bonds. The highest BCUT2D eigenvalue weighted by atomic mass is 35.5. The van der Waals surface area contributed by atoms with E-state index < -0.39 is 0 Å². The fourth-order valence-electron chi connectivity index (χ4n) is 1.71. The molecule has 1 heterocycles. The number of halogens is 1. The van der Waals surface area contributed by atoms with Crippen LogP contribution in [0.3, 0.4) is 0 Å². The first-order chi connectivity index (χ1) is 9.33. The van der Waals surface area contributed by atoms with Crippen molar-refractivity contribution in [3.05, 3.63) is 35.1 Å². The molecule has 1 aromatic carbocycles. The topological polar surface area (TPSA) is 50.8 Å². The first kappa shape index (κ1) is 12.8. The molecular formula is C13H14ClN3OS. The van der Waals surface area contributed by atoms with Crippen LogP contribution in [-0.2, 0) is 0 Å². The Morgan fingerprint density at radius 2 is 2.21 bits per heavy atom. The van der Waals surface area contributed by atoms with Gasteiger partial charge in [-0.15, -0.1) is 5.10 Å². The van der Waals surface area contributed by atoms with E-state index in [0.29, 0.717) is 17.5 Å². The molecule has 1 saturated carbocycles. The molecule has 100 valence electrons. The van der Waals surface area contributed by atoms with E-state index in [-0.39, 0.29) is 0 Å². The van der Waals surface area contributed by atoms with E-state index in [4.69, 9.17) is 16.3 Å². The molecule has 19 heavy (non-hydrogen) atoms. The third-order valence-corrected chi connectivity index (χ3v) is 3.98. The summed E-state index contributed by atoms with van der Waals surface area (Å²) in [5.74, 6) is 3.15. The summed E-state index contributed by atoms with van der Waals surface area (Å²) in [7, 11) is 0. The molecule has 1 fully saturated rings. The Bertz CT molecular complexity index is 556. The number of nitrogens with one attached hydrogen (secondary N) is 1. The molecule has 0 unspecified atom stereocenters. The van der Waals surface area contributed by atoms with Gasteiger partial charge in [-0.2, -0.15) is 0 Å².